The predicted octanol–water partition coefficient (Wildman–Crippen LogP) is 2.95. The van der Waals surface area contributed by atoms with E-state index >= 15 is 0 Å². The summed E-state index contributed by atoms with van der Waals surface area (Å²) in [4.78, 5) is 4.41. The lowest BCUT2D eigenvalue weighted by atomic mass is 9.83. The van der Waals surface area contributed by atoms with Crippen LogP contribution < -0.4 is 10.6 Å². The second-order valence-electron chi connectivity index (χ2n) is 5.26. The van der Waals surface area contributed by atoms with E-state index in [0.717, 1.165) is 29.9 Å². The molecule has 2 N–H and O–H groups in total. The first-order valence-corrected chi connectivity index (χ1v) is 6.95. The van der Waals surface area contributed by atoms with Crippen molar-refractivity contribution < 1.29 is 0 Å². The Morgan fingerprint density at radius 1 is 1.59 bits per heavy atom. The number of halogens is 1. The van der Waals surface area contributed by atoms with Gasteiger partial charge in [0, 0.05) is 23.8 Å². The highest BCUT2D eigenvalue weighted by atomic mass is 79.9. The van der Waals surface area contributed by atoms with Gasteiger partial charge in [-0.25, -0.2) is 4.98 Å². The van der Waals surface area contributed by atoms with Gasteiger partial charge in [-0.3, -0.25) is 0 Å². The lowest BCUT2D eigenvalue weighted by molar-refractivity contribution is 0.253. The minimum absolute atomic E-state index is 0.347. The molecule has 1 aliphatic heterocycles. The molecule has 1 aromatic heterocycles. The third-order valence-corrected chi connectivity index (χ3v) is 3.85. The maximum Gasteiger partial charge on any atom is 0.128 e. The number of aryl methyl sites for hydroxylation is 1. The van der Waals surface area contributed by atoms with Crippen LogP contribution in [0.4, 0.5) is 5.82 Å². The summed E-state index contributed by atoms with van der Waals surface area (Å²) in [7, 11) is 0. The first kappa shape index (κ1) is 12.8. The fourth-order valence-corrected chi connectivity index (χ4v) is 2.74. The Bertz CT molecular complexity index is 386. The third kappa shape index (κ3) is 3.42. The number of anilines is 1. The Hall–Kier alpha value is -0.610. The smallest absolute Gasteiger partial charge is 0.128 e. The van der Waals surface area contributed by atoms with Crippen LogP contribution in [0.1, 0.15) is 25.3 Å². The Morgan fingerprint density at radius 3 is 3.06 bits per heavy atom. The minimum Gasteiger partial charge on any atom is -0.369 e. The van der Waals surface area contributed by atoms with Gasteiger partial charge in [-0.05, 0) is 59.3 Å². The molecule has 94 valence electrons. The minimum atomic E-state index is 0.347. The van der Waals surface area contributed by atoms with Gasteiger partial charge in [-0.1, -0.05) is 6.92 Å². The molecule has 0 amide bonds. The number of hydrogen-bond donors (Lipinski definition) is 2. The molecule has 0 aromatic carbocycles. The topological polar surface area (TPSA) is 37.0 Å². The van der Waals surface area contributed by atoms with E-state index in [1.807, 2.05) is 6.20 Å². The molecule has 0 radical (unpaired) electrons. The maximum absolute atomic E-state index is 4.41. The van der Waals surface area contributed by atoms with E-state index in [2.05, 4.69) is 51.5 Å². The summed E-state index contributed by atoms with van der Waals surface area (Å²) in [6, 6.07) is 2.09. The van der Waals surface area contributed by atoms with Crippen molar-refractivity contribution in [2.24, 2.45) is 5.41 Å². The van der Waals surface area contributed by atoms with Crippen LogP contribution in [0.5, 0.6) is 0 Å². The number of nitrogens with one attached hydrogen (secondary N) is 2. The van der Waals surface area contributed by atoms with Crippen LogP contribution in [0.3, 0.4) is 0 Å². The van der Waals surface area contributed by atoms with Crippen molar-refractivity contribution in [2.75, 3.05) is 25.0 Å². The van der Waals surface area contributed by atoms with Gasteiger partial charge in [0.1, 0.15) is 5.82 Å². The number of nitrogens with zero attached hydrogens (tertiary/aromatic N) is 1. The van der Waals surface area contributed by atoms with E-state index in [0.29, 0.717) is 5.41 Å². The van der Waals surface area contributed by atoms with Gasteiger partial charge in [-0.15, -0.1) is 0 Å². The molecule has 3 nitrogen and oxygen atoms in total. The summed E-state index contributed by atoms with van der Waals surface area (Å²) in [5.41, 5.74) is 1.53. The summed E-state index contributed by atoms with van der Waals surface area (Å²) < 4.78 is 1.03. The molecular formula is C13H20BrN3. The van der Waals surface area contributed by atoms with Gasteiger partial charge < -0.3 is 10.6 Å². The van der Waals surface area contributed by atoms with Crippen molar-refractivity contribution in [2.45, 2.75) is 26.7 Å². The van der Waals surface area contributed by atoms with Crippen LogP contribution in [0, 0.1) is 12.3 Å². The van der Waals surface area contributed by atoms with Crippen molar-refractivity contribution in [3.8, 4) is 0 Å². The fraction of sp³-hybridized carbons (Fsp3) is 0.615. The van der Waals surface area contributed by atoms with Crippen molar-refractivity contribution in [3.05, 3.63) is 22.3 Å². The monoisotopic (exact) mass is 297 g/mol. The molecule has 1 saturated heterocycles. The average Bonchev–Trinajstić information content (AvgIpc) is 2.29. The van der Waals surface area contributed by atoms with E-state index < -0.39 is 0 Å². The largest absolute Gasteiger partial charge is 0.369 e. The molecule has 0 aliphatic carbocycles. The van der Waals surface area contributed by atoms with Crippen LogP contribution in [0.15, 0.2) is 16.7 Å². The second-order valence-corrected chi connectivity index (χ2v) is 6.18. The number of aromatic nitrogens is 1. The molecule has 17 heavy (non-hydrogen) atoms. The summed E-state index contributed by atoms with van der Waals surface area (Å²) in [5, 5.41) is 6.95. The van der Waals surface area contributed by atoms with E-state index in [1.54, 1.807) is 0 Å². The van der Waals surface area contributed by atoms with Crippen LogP contribution in [-0.2, 0) is 0 Å². The highest BCUT2D eigenvalue weighted by Gasteiger charge is 2.26. The zero-order valence-electron chi connectivity index (χ0n) is 10.5. The molecule has 0 spiro atoms. The number of piperidine rings is 1. The van der Waals surface area contributed by atoms with Crippen molar-refractivity contribution in [3.63, 3.8) is 0 Å². The van der Waals surface area contributed by atoms with Gasteiger partial charge in [0.05, 0.1) is 0 Å². The molecule has 2 rings (SSSR count). The van der Waals surface area contributed by atoms with Crippen molar-refractivity contribution in [1.29, 1.82) is 0 Å². The second kappa shape index (κ2) is 5.36. The molecule has 4 heteroatoms. The number of pyridine rings is 1. The predicted molar refractivity (Wildman–Crippen MR) is 75.4 cm³/mol. The molecule has 1 aromatic rings. The van der Waals surface area contributed by atoms with Gasteiger partial charge in [0.2, 0.25) is 0 Å². The Kier molecular flexibility index (Phi) is 4.05. The van der Waals surface area contributed by atoms with Gasteiger partial charge in [-0.2, -0.15) is 0 Å². The zero-order chi connectivity index (χ0) is 12.3. The molecule has 2 heterocycles. The van der Waals surface area contributed by atoms with Gasteiger partial charge in [0.25, 0.3) is 0 Å². The number of rotatable bonds is 3. The SMILES string of the molecule is Cc1cc(Br)cnc1NCC1(C)CCCNC1. The van der Waals surface area contributed by atoms with Crippen LogP contribution >= 0.6 is 15.9 Å². The molecule has 0 saturated carbocycles. The fourth-order valence-electron chi connectivity index (χ4n) is 2.29. The summed E-state index contributed by atoms with van der Waals surface area (Å²) >= 11 is 3.43. The van der Waals surface area contributed by atoms with Crippen LogP contribution in [0.25, 0.3) is 0 Å². The molecular weight excluding hydrogens is 278 g/mol. The molecule has 1 unspecified atom stereocenters. The van der Waals surface area contributed by atoms with E-state index in [1.165, 1.54) is 18.4 Å². The quantitative estimate of drug-likeness (QED) is 0.901. The lowest BCUT2D eigenvalue weighted by Gasteiger charge is -2.34. The van der Waals surface area contributed by atoms with Crippen molar-refractivity contribution >= 4 is 21.7 Å². The molecule has 0 bridgehead atoms. The van der Waals surface area contributed by atoms with E-state index in [-0.39, 0.29) is 0 Å². The summed E-state index contributed by atoms with van der Waals surface area (Å²) in [5.74, 6) is 1.000. The van der Waals surface area contributed by atoms with E-state index in [9.17, 15) is 0 Å². The summed E-state index contributed by atoms with van der Waals surface area (Å²) in [6.45, 7) is 7.65. The normalized spacial score (nSPS) is 24.6. The Morgan fingerprint density at radius 2 is 2.41 bits per heavy atom. The molecule has 1 fully saturated rings. The maximum atomic E-state index is 4.41. The molecule has 1 aliphatic rings. The Labute approximate surface area is 112 Å². The van der Waals surface area contributed by atoms with E-state index in [4.69, 9.17) is 0 Å². The van der Waals surface area contributed by atoms with Crippen LogP contribution in [0.2, 0.25) is 0 Å². The average molecular weight is 298 g/mol. The van der Waals surface area contributed by atoms with Gasteiger partial charge in [0.15, 0.2) is 0 Å². The Balaban J connectivity index is 1.97. The first-order valence-electron chi connectivity index (χ1n) is 6.16. The highest BCUT2D eigenvalue weighted by molar-refractivity contribution is 9.10. The first-order chi connectivity index (χ1) is 8.09. The summed E-state index contributed by atoms with van der Waals surface area (Å²) in [6.07, 6.45) is 4.39. The third-order valence-electron chi connectivity index (χ3n) is 3.41. The number of hydrogen-bond acceptors (Lipinski definition) is 3. The van der Waals surface area contributed by atoms with Gasteiger partial charge >= 0.3 is 0 Å². The van der Waals surface area contributed by atoms with Crippen molar-refractivity contribution in [1.82, 2.24) is 10.3 Å². The standard InChI is InChI=1S/C13H20BrN3/c1-10-6-11(14)7-16-12(10)17-9-13(2)4-3-5-15-8-13/h6-7,15H,3-5,8-9H2,1-2H3,(H,16,17). The zero-order valence-corrected chi connectivity index (χ0v) is 12.1. The lowest BCUT2D eigenvalue weighted by Crippen LogP contribution is -2.42. The molecule has 1 atom stereocenters. The van der Waals surface area contributed by atoms with Crippen LogP contribution in [-0.4, -0.2) is 24.6 Å². The highest BCUT2D eigenvalue weighted by Crippen LogP contribution is 2.26.